The van der Waals surface area contributed by atoms with Gasteiger partial charge < -0.3 is 4.74 Å². The average molecular weight is 253 g/mol. The zero-order chi connectivity index (χ0) is 11.6. The lowest BCUT2D eigenvalue weighted by molar-refractivity contribution is 0.247. The highest BCUT2D eigenvalue weighted by Crippen LogP contribution is 2.28. The lowest BCUT2D eigenvalue weighted by atomic mass is 10.5. The van der Waals surface area contributed by atoms with Crippen molar-refractivity contribution in [1.82, 2.24) is 4.98 Å². The molecule has 0 saturated carbocycles. The summed E-state index contributed by atoms with van der Waals surface area (Å²) in [5.74, 6) is 1.63. The van der Waals surface area contributed by atoms with Gasteiger partial charge in [0.1, 0.15) is 10.8 Å². The maximum atomic E-state index is 5.38. The molecule has 4 heteroatoms. The summed E-state index contributed by atoms with van der Waals surface area (Å²) < 4.78 is 5.38. The van der Waals surface area contributed by atoms with Crippen LogP contribution >= 0.6 is 21.6 Å². The van der Waals surface area contributed by atoms with Crippen LogP contribution in [0.3, 0.4) is 0 Å². The van der Waals surface area contributed by atoms with Crippen LogP contribution < -0.4 is 0 Å². The standard InChI is InChI=1S/C12H15NOS2/c1-3-6-11(2)14-9-10-15-16-12-7-4-5-8-13-12/h3-8H,2,9-10H2,1H3/b6-3+. The number of hydrogen-bond donors (Lipinski definition) is 0. The fraction of sp³-hybridized carbons (Fsp3) is 0.250. The molecule has 2 nitrogen and oxygen atoms in total. The van der Waals surface area contributed by atoms with Gasteiger partial charge in [-0.2, -0.15) is 0 Å². The van der Waals surface area contributed by atoms with Crippen molar-refractivity contribution in [1.29, 1.82) is 0 Å². The molecule has 1 rings (SSSR count). The normalized spacial score (nSPS) is 10.6. The van der Waals surface area contributed by atoms with E-state index < -0.39 is 0 Å². The SMILES string of the molecule is C=C(/C=C/C)OCCSSc1ccccn1. The molecule has 1 aromatic rings. The minimum atomic E-state index is 0.674. The summed E-state index contributed by atoms with van der Waals surface area (Å²) >= 11 is 0. The second-order valence-corrected chi connectivity index (χ2v) is 5.32. The third-order valence-corrected chi connectivity index (χ3v) is 3.82. The number of hydrogen-bond acceptors (Lipinski definition) is 4. The lowest BCUT2D eigenvalue weighted by Gasteiger charge is -2.04. The first kappa shape index (κ1) is 13.2. The van der Waals surface area contributed by atoms with Crippen LogP contribution in [0.15, 0.2) is 53.9 Å². The molecular formula is C12H15NOS2. The Labute approximate surface area is 105 Å². The van der Waals surface area contributed by atoms with E-state index >= 15 is 0 Å². The third kappa shape index (κ3) is 5.88. The van der Waals surface area contributed by atoms with Gasteiger partial charge in [0.25, 0.3) is 0 Å². The van der Waals surface area contributed by atoms with Crippen LogP contribution in [0.25, 0.3) is 0 Å². The van der Waals surface area contributed by atoms with Crippen molar-refractivity contribution < 1.29 is 4.74 Å². The lowest BCUT2D eigenvalue weighted by Crippen LogP contribution is -1.93. The van der Waals surface area contributed by atoms with E-state index in [-0.39, 0.29) is 0 Å². The summed E-state index contributed by atoms with van der Waals surface area (Å²) in [6, 6.07) is 5.90. The van der Waals surface area contributed by atoms with E-state index in [0.717, 1.165) is 10.8 Å². The molecule has 0 aliphatic carbocycles. The first-order valence-electron chi connectivity index (χ1n) is 4.98. The van der Waals surface area contributed by atoms with Crippen LogP contribution in [-0.4, -0.2) is 17.3 Å². The van der Waals surface area contributed by atoms with Crippen molar-refractivity contribution in [3.05, 3.63) is 48.9 Å². The molecule has 1 heterocycles. The topological polar surface area (TPSA) is 22.1 Å². The van der Waals surface area contributed by atoms with Crippen molar-refractivity contribution in [3.8, 4) is 0 Å². The van der Waals surface area contributed by atoms with Gasteiger partial charge >= 0.3 is 0 Å². The number of nitrogens with zero attached hydrogens (tertiary/aromatic N) is 1. The van der Waals surface area contributed by atoms with Gasteiger partial charge in [0.2, 0.25) is 0 Å². The van der Waals surface area contributed by atoms with Crippen molar-refractivity contribution in [2.45, 2.75) is 11.9 Å². The van der Waals surface area contributed by atoms with Gasteiger partial charge in [0.05, 0.1) is 6.61 Å². The van der Waals surface area contributed by atoms with Crippen LogP contribution in [0.4, 0.5) is 0 Å². The Balaban J connectivity index is 2.07. The first-order valence-corrected chi connectivity index (χ1v) is 7.29. The van der Waals surface area contributed by atoms with Crippen LogP contribution in [0.5, 0.6) is 0 Å². The molecule has 0 unspecified atom stereocenters. The van der Waals surface area contributed by atoms with Gasteiger partial charge in [0, 0.05) is 11.9 Å². The highest BCUT2D eigenvalue weighted by atomic mass is 33.1. The predicted octanol–water partition coefficient (Wildman–Crippen LogP) is 3.93. The Morgan fingerprint density at radius 3 is 3.12 bits per heavy atom. The van der Waals surface area contributed by atoms with E-state index in [2.05, 4.69) is 11.6 Å². The molecule has 0 aliphatic heterocycles. The molecule has 0 bridgehead atoms. The Morgan fingerprint density at radius 2 is 2.44 bits per heavy atom. The average Bonchev–Trinajstić information content (AvgIpc) is 2.30. The Morgan fingerprint density at radius 1 is 1.56 bits per heavy atom. The van der Waals surface area contributed by atoms with Gasteiger partial charge in [0.15, 0.2) is 0 Å². The van der Waals surface area contributed by atoms with Gasteiger partial charge in [-0.3, -0.25) is 0 Å². The number of aromatic nitrogens is 1. The van der Waals surface area contributed by atoms with E-state index in [1.807, 2.05) is 37.3 Å². The highest BCUT2D eigenvalue weighted by molar-refractivity contribution is 8.76. The van der Waals surface area contributed by atoms with Crippen molar-refractivity contribution in [2.24, 2.45) is 0 Å². The molecule has 0 fully saturated rings. The van der Waals surface area contributed by atoms with Crippen molar-refractivity contribution >= 4 is 21.6 Å². The smallest absolute Gasteiger partial charge is 0.111 e. The molecule has 1 aromatic heterocycles. The second-order valence-electron chi connectivity index (χ2n) is 2.89. The molecule has 0 amide bonds. The fourth-order valence-electron chi connectivity index (χ4n) is 0.939. The molecule has 0 atom stereocenters. The van der Waals surface area contributed by atoms with Crippen LogP contribution in [0.1, 0.15) is 6.92 Å². The van der Waals surface area contributed by atoms with Crippen LogP contribution in [0, 0.1) is 0 Å². The second kappa shape index (κ2) is 8.30. The van der Waals surface area contributed by atoms with E-state index in [9.17, 15) is 0 Å². The van der Waals surface area contributed by atoms with Gasteiger partial charge in [-0.05, 0) is 35.9 Å². The minimum Gasteiger partial charge on any atom is -0.493 e. The summed E-state index contributed by atoms with van der Waals surface area (Å²) in [7, 11) is 3.39. The Bertz CT molecular complexity index is 338. The van der Waals surface area contributed by atoms with E-state index in [4.69, 9.17) is 4.74 Å². The number of ether oxygens (including phenoxy) is 1. The third-order valence-electron chi connectivity index (χ3n) is 1.59. The first-order chi connectivity index (χ1) is 7.83. The van der Waals surface area contributed by atoms with E-state index in [1.165, 1.54) is 0 Å². The summed E-state index contributed by atoms with van der Waals surface area (Å²) in [6.45, 7) is 6.38. The number of pyridine rings is 1. The van der Waals surface area contributed by atoms with Crippen LogP contribution in [-0.2, 0) is 4.74 Å². The van der Waals surface area contributed by atoms with E-state index in [0.29, 0.717) is 12.4 Å². The zero-order valence-corrected chi connectivity index (χ0v) is 10.9. The summed E-state index contributed by atoms with van der Waals surface area (Å²) in [5, 5.41) is 1.03. The monoisotopic (exact) mass is 253 g/mol. The van der Waals surface area contributed by atoms with Crippen molar-refractivity contribution in [2.75, 3.05) is 12.4 Å². The minimum absolute atomic E-state index is 0.674. The molecule has 86 valence electrons. The predicted molar refractivity (Wildman–Crippen MR) is 72.5 cm³/mol. The maximum absolute atomic E-state index is 5.38. The fourth-order valence-corrected chi connectivity index (χ4v) is 2.64. The Hall–Kier alpha value is -0.870. The Kier molecular flexibility index (Phi) is 6.85. The molecule has 0 spiro atoms. The molecule has 0 N–H and O–H groups in total. The molecule has 0 saturated heterocycles. The summed E-state index contributed by atoms with van der Waals surface area (Å²) in [6.07, 6.45) is 5.57. The largest absolute Gasteiger partial charge is 0.493 e. The molecular weight excluding hydrogens is 238 g/mol. The van der Waals surface area contributed by atoms with E-state index in [1.54, 1.807) is 27.8 Å². The quantitative estimate of drug-likeness (QED) is 0.318. The molecule has 0 aliphatic rings. The number of rotatable bonds is 7. The van der Waals surface area contributed by atoms with Crippen molar-refractivity contribution in [3.63, 3.8) is 0 Å². The van der Waals surface area contributed by atoms with Crippen LogP contribution in [0.2, 0.25) is 0 Å². The molecule has 0 radical (unpaired) electrons. The summed E-state index contributed by atoms with van der Waals surface area (Å²) in [4.78, 5) is 4.21. The van der Waals surface area contributed by atoms with Gasteiger partial charge in [-0.1, -0.05) is 29.5 Å². The maximum Gasteiger partial charge on any atom is 0.111 e. The molecule has 16 heavy (non-hydrogen) atoms. The van der Waals surface area contributed by atoms with Gasteiger partial charge in [-0.25, -0.2) is 4.98 Å². The van der Waals surface area contributed by atoms with Gasteiger partial charge in [-0.15, -0.1) is 0 Å². The number of allylic oxidation sites excluding steroid dienone is 2. The zero-order valence-electron chi connectivity index (χ0n) is 9.26. The summed E-state index contributed by atoms with van der Waals surface area (Å²) in [5.41, 5.74) is 0. The molecule has 0 aromatic carbocycles. The highest BCUT2D eigenvalue weighted by Gasteiger charge is 1.95.